The van der Waals surface area contributed by atoms with Crippen LogP contribution in [0, 0.1) is 11.7 Å². The third-order valence-corrected chi connectivity index (χ3v) is 5.55. The van der Waals surface area contributed by atoms with Gasteiger partial charge < -0.3 is 15.0 Å². The van der Waals surface area contributed by atoms with E-state index < -0.39 is 0 Å². The maximum absolute atomic E-state index is 13.3. The van der Waals surface area contributed by atoms with Crippen LogP contribution in [-0.2, 0) is 6.61 Å². The van der Waals surface area contributed by atoms with Crippen molar-refractivity contribution in [3.05, 3.63) is 65.5 Å². The minimum atomic E-state index is -0.323. The van der Waals surface area contributed by atoms with Crippen LogP contribution >= 0.6 is 12.4 Å². The molecule has 6 heteroatoms. The molecule has 4 rings (SSSR count). The van der Waals surface area contributed by atoms with Gasteiger partial charge in [0.15, 0.2) is 0 Å². The molecule has 0 atom stereocenters. The molecular formula is C23H28ClFN2O2. The molecule has 1 N–H and O–H groups in total. The van der Waals surface area contributed by atoms with E-state index in [1.54, 1.807) is 12.1 Å². The number of amides is 1. The summed E-state index contributed by atoms with van der Waals surface area (Å²) in [6, 6.07) is 14.1. The van der Waals surface area contributed by atoms with Crippen molar-refractivity contribution < 1.29 is 13.9 Å². The van der Waals surface area contributed by atoms with Crippen molar-refractivity contribution in [2.24, 2.45) is 5.92 Å². The lowest BCUT2D eigenvalue weighted by molar-refractivity contribution is 0.0705. The molecular weight excluding hydrogens is 391 g/mol. The predicted molar refractivity (Wildman–Crippen MR) is 114 cm³/mol. The molecule has 2 aliphatic rings. The van der Waals surface area contributed by atoms with E-state index in [1.165, 1.54) is 25.0 Å². The Hall–Kier alpha value is -2.11. The molecule has 0 bridgehead atoms. The Morgan fingerprint density at radius 3 is 2.55 bits per heavy atom. The molecule has 4 nitrogen and oxygen atoms in total. The molecule has 1 amide bonds. The van der Waals surface area contributed by atoms with Gasteiger partial charge in [-0.15, -0.1) is 12.4 Å². The van der Waals surface area contributed by atoms with Crippen molar-refractivity contribution in [3.8, 4) is 5.75 Å². The normalized spacial score (nSPS) is 16.9. The van der Waals surface area contributed by atoms with Gasteiger partial charge in [-0.25, -0.2) is 4.39 Å². The number of rotatable bonds is 7. The lowest BCUT2D eigenvalue weighted by Gasteiger charge is -2.32. The lowest BCUT2D eigenvalue weighted by atomic mass is 10.0. The highest BCUT2D eigenvalue weighted by atomic mass is 35.5. The molecule has 0 aromatic heterocycles. The number of hydrogen-bond donors (Lipinski definition) is 1. The van der Waals surface area contributed by atoms with Crippen LogP contribution in [0.2, 0.25) is 0 Å². The lowest BCUT2D eigenvalue weighted by Crippen LogP contribution is -2.45. The molecule has 0 radical (unpaired) electrons. The minimum absolute atomic E-state index is 0. The highest BCUT2D eigenvalue weighted by Gasteiger charge is 2.26. The zero-order chi connectivity index (χ0) is 19.3. The average molecular weight is 419 g/mol. The summed E-state index contributed by atoms with van der Waals surface area (Å²) >= 11 is 0. The van der Waals surface area contributed by atoms with Crippen molar-refractivity contribution in [1.29, 1.82) is 0 Å². The van der Waals surface area contributed by atoms with Crippen molar-refractivity contribution >= 4 is 18.3 Å². The Bertz CT molecular complexity index is 820. The van der Waals surface area contributed by atoms with Gasteiger partial charge in [-0.05, 0) is 68.0 Å². The third-order valence-electron chi connectivity index (χ3n) is 5.55. The SMILES string of the molecule is Cl.O=C(c1cccc(COc2cccc(F)c2)c1)N1CCC(NCC2CC2)CC1. The van der Waals surface area contributed by atoms with Crippen LogP contribution in [0.25, 0.3) is 0 Å². The second-order valence-corrected chi connectivity index (χ2v) is 7.86. The van der Waals surface area contributed by atoms with Gasteiger partial charge in [0.05, 0.1) is 0 Å². The highest BCUT2D eigenvalue weighted by Crippen LogP contribution is 2.28. The fourth-order valence-electron chi connectivity index (χ4n) is 3.64. The molecule has 1 heterocycles. The second kappa shape index (κ2) is 10.1. The fourth-order valence-corrected chi connectivity index (χ4v) is 3.64. The van der Waals surface area contributed by atoms with E-state index in [1.807, 2.05) is 29.2 Å². The second-order valence-electron chi connectivity index (χ2n) is 7.86. The molecule has 1 aliphatic heterocycles. The smallest absolute Gasteiger partial charge is 0.253 e. The molecule has 29 heavy (non-hydrogen) atoms. The van der Waals surface area contributed by atoms with Crippen LogP contribution in [0.15, 0.2) is 48.5 Å². The van der Waals surface area contributed by atoms with Gasteiger partial charge in [-0.1, -0.05) is 18.2 Å². The zero-order valence-corrected chi connectivity index (χ0v) is 17.3. The average Bonchev–Trinajstić information content (AvgIpc) is 3.55. The van der Waals surface area contributed by atoms with Crippen LogP contribution < -0.4 is 10.1 Å². The number of hydrogen-bond acceptors (Lipinski definition) is 3. The summed E-state index contributed by atoms with van der Waals surface area (Å²) in [5.74, 6) is 1.12. The number of nitrogens with zero attached hydrogens (tertiary/aromatic N) is 1. The first kappa shape index (κ1) is 21.6. The van der Waals surface area contributed by atoms with Crippen LogP contribution in [0.4, 0.5) is 4.39 Å². The Balaban J connectivity index is 0.00000240. The van der Waals surface area contributed by atoms with Crippen molar-refractivity contribution in [1.82, 2.24) is 10.2 Å². The maximum Gasteiger partial charge on any atom is 0.253 e. The van der Waals surface area contributed by atoms with E-state index in [4.69, 9.17) is 4.74 Å². The van der Waals surface area contributed by atoms with Crippen molar-refractivity contribution in [2.45, 2.75) is 38.3 Å². The van der Waals surface area contributed by atoms with Crippen LogP contribution in [0.1, 0.15) is 41.6 Å². The summed E-state index contributed by atoms with van der Waals surface area (Å²) in [5.41, 5.74) is 1.58. The summed E-state index contributed by atoms with van der Waals surface area (Å²) in [4.78, 5) is 14.8. The first-order chi connectivity index (χ1) is 13.7. The topological polar surface area (TPSA) is 41.6 Å². The predicted octanol–water partition coefficient (Wildman–Crippen LogP) is 4.43. The van der Waals surface area contributed by atoms with Crippen LogP contribution in [0.3, 0.4) is 0 Å². The molecule has 156 valence electrons. The van der Waals surface area contributed by atoms with E-state index in [0.717, 1.165) is 44.0 Å². The summed E-state index contributed by atoms with van der Waals surface area (Å²) in [7, 11) is 0. The largest absolute Gasteiger partial charge is 0.489 e. The van der Waals surface area contributed by atoms with Gasteiger partial charge in [-0.3, -0.25) is 4.79 Å². The number of likely N-dealkylation sites (tertiary alicyclic amines) is 1. The molecule has 1 saturated heterocycles. The van der Waals surface area contributed by atoms with Crippen molar-refractivity contribution in [2.75, 3.05) is 19.6 Å². The minimum Gasteiger partial charge on any atom is -0.489 e. The summed E-state index contributed by atoms with van der Waals surface area (Å²) in [5, 5.41) is 3.65. The summed E-state index contributed by atoms with van der Waals surface area (Å²) < 4.78 is 18.9. The fraction of sp³-hybridized carbons (Fsp3) is 0.435. The van der Waals surface area contributed by atoms with Gasteiger partial charge in [0.1, 0.15) is 18.2 Å². The Kier molecular flexibility index (Phi) is 7.51. The number of halogens is 2. The highest BCUT2D eigenvalue weighted by molar-refractivity contribution is 5.94. The maximum atomic E-state index is 13.3. The van der Waals surface area contributed by atoms with Crippen LogP contribution in [-0.4, -0.2) is 36.5 Å². The van der Waals surface area contributed by atoms with E-state index in [9.17, 15) is 9.18 Å². The van der Waals surface area contributed by atoms with E-state index in [0.29, 0.717) is 24.0 Å². The molecule has 1 saturated carbocycles. The summed E-state index contributed by atoms with van der Waals surface area (Å²) in [6.45, 7) is 3.03. The number of nitrogens with one attached hydrogen (secondary N) is 1. The third kappa shape index (κ3) is 6.18. The Morgan fingerprint density at radius 1 is 1.07 bits per heavy atom. The van der Waals surface area contributed by atoms with Crippen LogP contribution in [0.5, 0.6) is 5.75 Å². The summed E-state index contributed by atoms with van der Waals surface area (Å²) in [6.07, 6.45) is 4.76. The molecule has 2 aromatic carbocycles. The van der Waals surface area contributed by atoms with Gasteiger partial charge in [0, 0.05) is 30.8 Å². The first-order valence-electron chi connectivity index (χ1n) is 10.2. The Labute approximate surface area is 177 Å². The van der Waals surface area contributed by atoms with E-state index >= 15 is 0 Å². The van der Waals surface area contributed by atoms with E-state index in [-0.39, 0.29) is 24.1 Å². The van der Waals surface area contributed by atoms with Gasteiger partial charge >= 0.3 is 0 Å². The molecule has 0 spiro atoms. The number of carbonyl (C=O) groups excluding carboxylic acids is 1. The first-order valence-corrected chi connectivity index (χ1v) is 10.2. The quantitative estimate of drug-likeness (QED) is 0.723. The zero-order valence-electron chi connectivity index (χ0n) is 16.5. The standard InChI is InChI=1S/C23H27FN2O2.ClH/c24-20-5-2-6-22(14-20)28-16-18-3-1-4-19(13-18)23(27)26-11-9-21(10-12-26)25-15-17-7-8-17;/h1-6,13-14,17,21,25H,7-12,15-16H2;1H. The molecule has 1 aliphatic carbocycles. The molecule has 0 unspecified atom stereocenters. The Morgan fingerprint density at radius 2 is 1.83 bits per heavy atom. The van der Waals surface area contributed by atoms with Gasteiger partial charge in [-0.2, -0.15) is 0 Å². The number of benzene rings is 2. The van der Waals surface area contributed by atoms with Gasteiger partial charge in [0.25, 0.3) is 5.91 Å². The van der Waals surface area contributed by atoms with Gasteiger partial charge in [0.2, 0.25) is 0 Å². The number of carbonyl (C=O) groups is 1. The van der Waals surface area contributed by atoms with Crippen molar-refractivity contribution in [3.63, 3.8) is 0 Å². The number of piperidine rings is 1. The molecule has 2 fully saturated rings. The molecule has 2 aromatic rings. The number of ether oxygens (including phenoxy) is 1. The van der Waals surface area contributed by atoms with E-state index in [2.05, 4.69) is 5.32 Å². The monoisotopic (exact) mass is 418 g/mol.